The molecule has 1 heterocycles. The molecular weight excluding hydrogens is 434 g/mol. The third kappa shape index (κ3) is 7.22. The molecular formula is C26H31N3O3S. The van der Waals surface area contributed by atoms with Crippen LogP contribution in [0.4, 0.5) is 5.95 Å². The molecule has 0 amide bonds. The molecule has 0 atom stereocenters. The van der Waals surface area contributed by atoms with Gasteiger partial charge in [-0.3, -0.25) is 4.72 Å². The van der Waals surface area contributed by atoms with Gasteiger partial charge in [0.15, 0.2) is 0 Å². The van der Waals surface area contributed by atoms with Gasteiger partial charge in [0.2, 0.25) is 11.8 Å². The van der Waals surface area contributed by atoms with Crippen molar-refractivity contribution in [3.63, 3.8) is 0 Å². The van der Waals surface area contributed by atoms with Gasteiger partial charge >= 0.3 is 5.97 Å². The Morgan fingerprint density at radius 3 is 2.42 bits per heavy atom. The van der Waals surface area contributed by atoms with Crippen molar-refractivity contribution in [2.24, 2.45) is 5.41 Å². The maximum atomic E-state index is 11.3. The molecule has 0 aliphatic carbocycles. The van der Waals surface area contributed by atoms with Crippen LogP contribution < -0.4 is 9.46 Å². The molecule has 2 aromatic carbocycles. The second kappa shape index (κ2) is 10.7. The topological polar surface area (TPSA) is 84.3 Å². The van der Waals surface area contributed by atoms with Crippen LogP contribution in [0.5, 0.6) is 5.88 Å². The van der Waals surface area contributed by atoms with Crippen molar-refractivity contribution in [1.82, 2.24) is 9.97 Å². The smallest absolute Gasteiger partial charge is 0.335 e. The van der Waals surface area contributed by atoms with Gasteiger partial charge < -0.3 is 9.84 Å². The van der Waals surface area contributed by atoms with Crippen LogP contribution in [0.25, 0.3) is 11.3 Å². The van der Waals surface area contributed by atoms with Gasteiger partial charge in [0.05, 0.1) is 17.9 Å². The Bertz CT molecular complexity index is 1110. The Morgan fingerprint density at radius 1 is 1.06 bits per heavy atom. The van der Waals surface area contributed by atoms with E-state index in [4.69, 9.17) is 9.72 Å². The SMILES string of the molecule is Cc1cccc(C)c1-c1cc(OCCCC(C)(C)C)nc(NSc2cccc(C(=O)O)c2)n1. The molecule has 0 aliphatic heterocycles. The van der Waals surface area contributed by atoms with E-state index in [2.05, 4.69) is 56.5 Å². The van der Waals surface area contributed by atoms with Gasteiger partial charge in [0.1, 0.15) is 0 Å². The number of aromatic nitrogens is 2. The molecule has 33 heavy (non-hydrogen) atoms. The minimum Gasteiger partial charge on any atom is -0.478 e. The molecule has 3 aromatic rings. The summed E-state index contributed by atoms with van der Waals surface area (Å²) in [5, 5.41) is 9.23. The average Bonchev–Trinajstić information content (AvgIpc) is 2.75. The summed E-state index contributed by atoms with van der Waals surface area (Å²) in [6.45, 7) is 11.4. The van der Waals surface area contributed by atoms with E-state index in [9.17, 15) is 9.90 Å². The van der Waals surface area contributed by atoms with Crippen molar-refractivity contribution in [2.45, 2.75) is 52.4 Å². The monoisotopic (exact) mass is 465 g/mol. The second-order valence-electron chi connectivity index (χ2n) is 9.23. The zero-order valence-corrected chi connectivity index (χ0v) is 20.6. The molecule has 1 aromatic heterocycles. The van der Waals surface area contributed by atoms with Crippen molar-refractivity contribution in [2.75, 3.05) is 11.3 Å². The lowest BCUT2D eigenvalue weighted by Gasteiger charge is -2.18. The standard InChI is InChI=1S/C26H31N3O3S/c1-17-9-6-10-18(2)23(17)21-16-22(32-14-8-13-26(3,4)5)28-25(27-21)29-33-20-12-7-11-19(15-20)24(30)31/h6-7,9-12,15-16H,8,13-14H2,1-5H3,(H,30,31)(H,27,28,29). The summed E-state index contributed by atoms with van der Waals surface area (Å²) in [7, 11) is 0. The van der Waals surface area contributed by atoms with Crippen LogP contribution in [-0.2, 0) is 0 Å². The molecule has 0 fully saturated rings. The quantitative estimate of drug-likeness (QED) is 0.266. The summed E-state index contributed by atoms with van der Waals surface area (Å²) in [6.07, 6.45) is 1.99. The summed E-state index contributed by atoms with van der Waals surface area (Å²) in [4.78, 5) is 21.3. The number of anilines is 1. The van der Waals surface area contributed by atoms with Crippen LogP contribution in [0, 0.1) is 19.3 Å². The average molecular weight is 466 g/mol. The van der Waals surface area contributed by atoms with E-state index in [0.717, 1.165) is 40.1 Å². The number of aryl methyl sites for hydroxylation is 2. The van der Waals surface area contributed by atoms with E-state index in [0.29, 0.717) is 18.4 Å². The molecule has 2 N–H and O–H groups in total. The summed E-state index contributed by atoms with van der Waals surface area (Å²) in [6, 6.07) is 14.8. The Balaban J connectivity index is 1.85. The Labute approximate surface area is 200 Å². The molecule has 0 saturated carbocycles. The molecule has 0 aliphatic rings. The fraction of sp³-hybridized carbons (Fsp3) is 0.346. The van der Waals surface area contributed by atoms with Crippen molar-refractivity contribution < 1.29 is 14.6 Å². The Kier molecular flexibility index (Phi) is 7.97. The first-order chi connectivity index (χ1) is 15.6. The highest BCUT2D eigenvalue weighted by atomic mass is 32.2. The first-order valence-corrected chi connectivity index (χ1v) is 11.8. The molecule has 6 nitrogen and oxygen atoms in total. The van der Waals surface area contributed by atoms with Crippen LogP contribution >= 0.6 is 11.9 Å². The minimum atomic E-state index is -0.961. The van der Waals surface area contributed by atoms with E-state index in [-0.39, 0.29) is 11.0 Å². The number of carboxylic acids is 1. The van der Waals surface area contributed by atoms with Gasteiger partial charge in [-0.05, 0) is 73.4 Å². The van der Waals surface area contributed by atoms with Crippen molar-refractivity contribution in [3.8, 4) is 17.1 Å². The highest BCUT2D eigenvalue weighted by Gasteiger charge is 2.14. The lowest BCUT2D eigenvalue weighted by molar-refractivity contribution is 0.0696. The van der Waals surface area contributed by atoms with Gasteiger partial charge in [0.25, 0.3) is 0 Å². The molecule has 0 unspecified atom stereocenters. The number of ether oxygens (including phenoxy) is 1. The molecule has 0 spiro atoms. The summed E-state index contributed by atoms with van der Waals surface area (Å²) < 4.78 is 9.16. The number of aromatic carboxylic acids is 1. The Hall–Kier alpha value is -3.06. The van der Waals surface area contributed by atoms with Crippen molar-refractivity contribution in [3.05, 3.63) is 65.2 Å². The van der Waals surface area contributed by atoms with Gasteiger partial charge in [-0.2, -0.15) is 4.98 Å². The van der Waals surface area contributed by atoms with E-state index in [1.54, 1.807) is 18.2 Å². The third-order valence-electron chi connectivity index (χ3n) is 5.10. The van der Waals surface area contributed by atoms with Crippen molar-refractivity contribution in [1.29, 1.82) is 0 Å². The molecule has 0 radical (unpaired) electrons. The molecule has 0 saturated heterocycles. The number of benzene rings is 2. The summed E-state index contributed by atoms with van der Waals surface area (Å²) in [5.74, 6) is -0.0395. The molecule has 0 bridgehead atoms. The van der Waals surface area contributed by atoms with E-state index >= 15 is 0 Å². The lowest BCUT2D eigenvalue weighted by Crippen LogP contribution is -2.09. The number of carbonyl (C=O) groups is 1. The van der Waals surface area contributed by atoms with E-state index in [1.165, 1.54) is 11.9 Å². The fourth-order valence-electron chi connectivity index (χ4n) is 3.47. The van der Waals surface area contributed by atoms with E-state index in [1.807, 2.05) is 18.2 Å². The summed E-state index contributed by atoms with van der Waals surface area (Å²) >= 11 is 1.26. The maximum absolute atomic E-state index is 11.3. The minimum absolute atomic E-state index is 0.231. The van der Waals surface area contributed by atoms with Crippen LogP contribution in [0.3, 0.4) is 0 Å². The number of rotatable bonds is 9. The second-order valence-corrected chi connectivity index (χ2v) is 10.1. The predicted molar refractivity (Wildman–Crippen MR) is 134 cm³/mol. The van der Waals surface area contributed by atoms with Gasteiger partial charge in [-0.1, -0.05) is 45.0 Å². The van der Waals surface area contributed by atoms with Crippen LogP contribution in [0.2, 0.25) is 0 Å². The molecule has 174 valence electrons. The maximum Gasteiger partial charge on any atom is 0.335 e. The van der Waals surface area contributed by atoms with E-state index < -0.39 is 5.97 Å². The zero-order valence-electron chi connectivity index (χ0n) is 19.8. The Morgan fingerprint density at radius 2 is 1.76 bits per heavy atom. The first kappa shape index (κ1) is 24.6. The van der Waals surface area contributed by atoms with Gasteiger partial charge in [-0.15, -0.1) is 0 Å². The number of nitrogens with one attached hydrogen (secondary N) is 1. The lowest BCUT2D eigenvalue weighted by atomic mass is 9.91. The largest absolute Gasteiger partial charge is 0.478 e. The number of hydrogen-bond donors (Lipinski definition) is 2. The normalized spacial score (nSPS) is 11.3. The third-order valence-corrected chi connectivity index (χ3v) is 5.88. The molecule has 7 heteroatoms. The van der Waals surface area contributed by atoms with Crippen molar-refractivity contribution >= 4 is 23.9 Å². The predicted octanol–water partition coefficient (Wildman–Crippen LogP) is 6.78. The zero-order chi connectivity index (χ0) is 24.0. The van der Waals surface area contributed by atoms with Crippen LogP contribution in [-0.4, -0.2) is 27.7 Å². The number of carboxylic acid groups (broad SMARTS) is 1. The van der Waals surface area contributed by atoms with Crippen LogP contribution in [0.1, 0.15) is 55.1 Å². The fourth-order valence-corrected chi connectivity index (χ4v) is 4.10. The van der Waals surface area contributed by atoms with Gasteiger partial charge in [0, 0.05) is 16.5 Å². The highest BCUT2D eigenvalue weighted by molar-refractivity contribution is 8.00. The highest BCUT2D eigenvalue weighted by Crippen LogP contribution is 2.30. The summed E-state index contributed by atoms with van der Waals surface area (Å²) in [5.41, 5.74) is 4.58. The van der Waals surface area contributed by atoms with Gasteiger partial charge in [-0.25, -0.2) is 9.78 Å². The first-order valence-electron chi connectivity index (χ1n) is 11.0. The number of hydrogen-bond acceptors (Lipinski definition) is 6. The number of nitrogens with zero attached hydrogens (tertiary/aromatic N) is 2. The molecule has 3 rings (SSSR count). The van der Waals surface area contributed by atoms with Crippen LogP contribution in [0.15, 0.2) is 53.4 Å².